The van der Waals surface area contributed by atoms with Crippen molar-refractivity contribution in [2.75, 3.05) is 5.33 Å². The van der Waals surface area contributed by atoms with Gasteiger partial charge >= 0.3 is 23.1 Å². The van der Waals surface area contributed by atoms with Gasteiger partial charge in [-0.25, -0.2) is 0 Å². The summed E-state index contributed by atoms with van der Waals surface area (Å²) in [5.41, 5.74) is 0. The summed E-state index contributed by atoms with van der Waals surface area (Å²) in [5, 5.41) is 1.17. The third-order valence-electron chi connectivity index (χ3n) is 2.04. The quantitative estimate of drug-likeness (QED) is 0.256. The van der Waals surface area contributed by atoms with Crippen LogP contribution in [0.25, 0.3) is 0 Å². The molecule has 0 bridgehead atoms. The molecule has 0 rings (SSSR count). The van der Waals surface area contributed by atoms with E-state index in [1.165, 1.54) is 56.7 Å². The van der Waals surface area contributed by atoms with Crippen LogP contribution in [0, 0.1) is 0 Å². The molecular weight excluding hydrogens is 236 g/mol. The molecule has 0 aromatic heterocycles. The van der Waals surface area contributed by atoms with Gasteiger partial charge in [-0.05, 0) is 19.3 Å². The fraction of sp³-hybridized carbons (Fsp3) is 0.818. The molecule has 0 fully saturated rings. The zero-order valence-corrected chi connectivity index (χ0v) is 9.61. The number of rotatable bonds is 9. The second kappa shape index (κ2) is 15.5. The molecule has 0 N–H and O–H groups in total. The van der Waals surface area contributed by atoms with Crippen LogP contribution in [0.15, 0.2) is 12.7 Å². The van der Waals surface area contributed by atoms with Crippen molar-refractivity contribution in [2.45, 2.75) is 51.4 Å². The van der Waals surface area contributed by atoms with Gasteiger partial charge in [0.2, 0.25) is 0 Å². The van der Waals surface area contributed by atoms with Crippen molar-refractivity contribution in [1.82, 2.24) is 0 Å². The summed E-state index contributed by atoms with van der Waals surface area (Å²) in [6, 6.07) is 0. The van der Waals surface area contributed by atoms with Gasteiger partial charge in [0, 0.05) is 5.33 Å². The molecule has 0 radical (unpaired) electrons. The van der Waals surface area contributed by atoms with Gasteiger partial charge in [-0.3, -0.25) is 0 Å². The Hall–Kier alpha value is 0.986. The topological polar surface area (TPSA) is 0 Å². The van der Waals surface area contributed by atoms with E-state index in [4.69, 9.17) is 0 Å². The Labute approximate surface area is 108 Å². The second-order valence-corrected chi connectivity index (χ2v) is 4.03. The molecule has 13 heavy (non-hydrogen) atoms. The highest BCUT2D eigenvalue weighted by atomic mass is 79.9. The average Bonchev–Trinajstić information content (AvgIpc) is 2.10. The molecule has 0 saturated carbocycles. The number of halogens is 1. The van der Waals surface area contributed by atoms with Gasteiger partial charge in [0.25, 0.3) is 0 Å². The van der Waals surface area contributed by atoms with Crippen molar-refractivity contribution >= 4 is 39.0 Å². The molecule has 0 nitrogen and oxygen atoms in total. The first-order valence-corrected chi connectivity index (χ1v) is 6.21. The molecule has 0 heterocycles. The van der Waals surface area contributed by atoms with E-state index >= 15 is 0 Å². The van der Waals surface area contributed by atoms with E-state index in [2.05, 4.69) is 22.5 Å². The molecule has 2 heteroatoms. The molecule has 0 unspecified atom stereocenters. The predicted octanol–water partition coefficient (Wildman–Crippen LogP) is 3.77. The van der Waals surface area contributed by atoms with E-state index in [0.717, 1.165) is 0 Å². The lowest BCUT2D eigenvalue weighted by molar-refractivity contribution is 0.594. The summed E-state index contributed by atoms with van der Waals surface area (Å²) in [7, 11) is 0. The van der Waals surface area contributed by atoms with Gasteiger partial charge in [0.05, 0.1) is 0 Å². The molecule has 0 aliphatic carbocycles. The smallest absolute Gasteiger partial charge is 0.103 e. The molecule has 0 aromatic rings. The Kier molecular flexibility index (Phi) is 19.5. The average molecular weight is 260 g/mol. The van der Waals surface area contributed by atoms with Crippen molar-refractivity contribution in [2.24, 2.45) is 0 Å². The highest BCUT2D eigenvalue weighted by molar-refractivity contribution is 9.09. The molecule has 0 spiro atoms. The van der Waals surface area contributed by atoms with E-state index in [1.807, 2.05) is 6.08 Å². The van der Waals surface area contributed by atoms with E-state index in [0.29, 0.717) is 0 Å². The van der Waals surface area contributed by atoms with E-state index < -0.39 is 0 Å². The Balaban J connectivity index is 0. The lowest BCUT2D eigenvalue weighted by Crippen LogP contribution is -1.80. The largest absolute Gasteiger partial charge is 0.316 e. The van der Waals surface area contributed by atoms with Crippen molar-refractivity contribution in [1.29, 1.82) is 0 Å². The van der Waals surface area contributed by atoms with Crippen LogP contribution < -0.4 is 0 Å². The SMILES string of the molecule is C=CCCCCCCCCCBr.[MgH2]. The van der Waals surface area contributed by atoms with Crippen LogP contribution in [-0.4, -0.2) is 28.4 Å². The Morgan fingerprint density at radius 1 is 0.846 bits per heavy atom. The standard InChI is InChI=1S/C11H21Br.Mg.2H/c1-2-3-4-5-6-7-8-9-10-11-12;;;/h2H,1,3-11H2;;;. The van der Waals surface area contributed by atoms with Crippen LogP contribution in [0.2, 0.25) is 0 Å². The van der Waals surface area contributed by atoms with Gasteiger partial charge in [-0.2, -0.15) is 0 Å². The van der Waals surface area contributed by atoms with Crippen LogP contribution in [-0.2, 0) is 0 Å². The summed E-state index contributed by atoms with van der Waals surface area (Å²) in [4.78, 5) is 0. The van der Waals surface area contributed by atoms with Gasteiger partial charge in [0.1, 0.15) is 0 Å². The summed E-state index contributed by atoms with van der Waals surface area (Å²) in [6.45, 7) is 3.71. The second-order valence-electron chi connectivity index (χ2n) is 3.24. The third-order valence-corrected chi connectivity index (χ3v) is 2.60. The monoisotopic (exact) mass is 258 g/mol. The molecule has 0 saturated heterocycles. The van der Waals surface area contributed by atoms with Crippen LogP contribution in [0.4, 0.5) is 0 Å². The number of alkyl halides is 1. The lowest BCUT2D eigenvalue weighted by atomic mass is 10.1. The first kappa shape index (κ1) is 16.4. The van der Waals surface area contributed by atoms with Crippen molar-refractivity contribution in [3.63, 3.8) is 0 Å². The van der Waals surface area contributed by atoms with E-state index in [9.17, 15) is 0 Å². The van der Waals surface area contributed by atoms with Gasteiger partial charge in [0.15, 0.2) is 0 Å². The molecule has 0 atom stereocenters. The van der Waals surface area contributed by atoms with Crippen LogP contribution in [0.3, 0.4) is 0 Å². The Bertz CT molecular complexity index is 94.1. The third kappa shape index (κ3) is 15.7. The zero-order chi connectivity index (χ0) is 9.07. The van der Waals surface area contributed by atoms with Gasteiger partial charge < -0.3 is 0 Å². The van der Waals surface area contributed by atoms with Gasteiger partial charge in [-0.15, -0.1) is 6.58 Å². The fourth-order valence-electron chi connectivity index (χ4n) is 1.27. The molecular formula is C11H23BrMg. The molecule has 76 valence electrons. The predicted molar refractivity (Wildman–Crippen MR) is 69.5 cm³/mol. The lowest BCUT2D eigenvalue weighted by Gasteiger charge is -1.98. The maximum absolute atomic E-state index is 3.71. The first-order valence-electron chi connectivity index (χ1n) is 5.08. The van der Waals surface area contributed by atoms with Crippen molar-refractivity contribution < 1.29 is 0 Å². The summed E-state index contributed by atoms with van der Waals surface area (Å²) < 4.78 is 0. The van der Waals surface area contributed by atoms with Crippen molar-refractivity contribution in [3.8, 4) is 0 Å². The van der Waals surface area contributed by atoms with E-state index in [1.54, 1.807) is 0 Å². The summed E-state index contributed by atoms with van der Waals surface area (Å²) in [5.74, 6) is 0. The fourth-order valence-corrected chi connectivity index (χ4v) is 1.66. The van der Waals surface area contributed by atoms with E-state index in [-0.39, 0.29) is 23.1 Å². The Morgan fingerprint density at radius 2 is 1.31 bits per heavy atom. The minimum Gasteiger partial charge on any atom is -0.103 e. The highest BCUT2D eigenvalue weighted by Gasteiger charge is 1.89. The van der Waals surface area contributed by atoms with Crippen LogP contribution in [0.5, 0.6) is 0 Å². The van der Waals surface area contributed by atoms with Crippen LogP contribution in [0.1, 0.15) is 51.4 Å². The molecule has 0 amide bonds. The maximum Gasteiger partial charge on any atom is 0.316 e. The molecule has 0 aromatic carbocycles. The molecule has 0 aliphatic rings. The number of unbranched alkanes of at least 4 members (excludes halogenated alkanes) is 7. The first-order chi connectivity index (χ1) is 5.91. The number of allylic oxidation sites excluding steroid dienone is 1. The van der Waals surface area contributed by atoms with Crippen LogP contribution >= 0.6 is 15.9 Å². The van der Waals surface area contributed by atoms with Gasteiger partial charge in [-0.1, -0.05) is 54.1 Å². The number of hydrogen-bond donors (Lipinski definition) is 0. The van der Waals surface area contributed by atoms with Crippen molar-refractivity contribution in [3.05, 3.63) is 12.7 Å². The molecule has 0 aliphatic heterocycles. The summed E-state index contributed by atoms with van der Waals surface area (Å²) in [6.07, 6.45) is 12.9. The normalized spacial score (nSPS) is 9.31. The maximum atomic E-state index is 3.71. The highest BCUT2D eigenvalue weighted by Crippen LogP contribution is 2.09. The minimum atomic E-state index is 0. The minimum absolute atomic E-state index is 0. The number of hydrogen-bond acceptors (Lipinski definition) is 0. The zero-order valence-electron chi connectivity index (χ0n) is 8.03. The Morgan fingerprint density at radius 3 is 1.77 bits per heavy atom. The summed E-state index contributed by atoms with van der Waals surface area (Å²) >= 11 is 3.44.